The quantitative estimate of drug-likeness (QED) is 0.273. The molecule has 1 fully saturated rings. The van der Waals surface area contributed by atoms with Crippen molar-refractivity contribution >= 4 is 10.8 Å². The van der Waals surface area contributed by atoms with Crippen molar-refractivity contribution in [3.05, 3.63) is 71.5 Å². The zero-order valence-corrected chi connectivity index (χ0v) is 20.7. The SMILES string of the molecule is CCCCCC1CCC(CCc2ccc(-c3ccc4cc(CCC)ccc4c3F)cc2)CC1. The number of hydrogen-bond donors (Lipinski definition) is 0. The Labute approximate surface area is 200 Å². The van der Waals surface area contributed by atoms with Gasteiger partial charge in [0.1, 0.15) is 5.82 Å². The third-order valence-corrected chi connectivity index (χ3v) is 7.85. The van der Waals surface area contributed by atoms with E-state index in [0.717, 1.165) is 47.4 Å². The van der Waals surface area contributed by atoms with Gasteiger partial charge in [-0.2, -0.15) is 0 Å². The Balaban J connectivity index is 1.33. The Hall–Kier alpha value is -2.15. The van der Waals surface area contributed by atoms with Crippen molar-refractivity contribution in [3.63, 3.8) is 0 Å². The lowest BCUT2D eigenvalue weighted by atomic mass is 9.78. The summed E-state index contributed by atoms with van der Waals surface area (Å²) in [5, 5.41) is 1.72. The first-order chi connectivity index (χ1) is 16.2. The predicted molar refractivity (Wildman–Crippen MR) is 141 cm³/mol. The van der Waals surface area contributed by atoms with E-state index in [0.29, 0.717) is 5.56 Å². The van der Waals surface area contributed by atoms with Crippen LogP contribution < -0.4 is 0 Å². The Morgan fingerprint density at radius 2 is 1.39 bits per heavy atom. The van der Waals surface area contributed by atoms with Crippen LogP contribution in [0.3, 0.4) is 0 Å². The molecule has 3 aromatic carbocycles. The number of benzene rings is 3. The normalized spacial score (nSPS) is 18.6. The number of unbranched alkanes of at least 4 members (excludes halogenated alkanes) is 2. The van der Waals surface area contributed by atoms with Crippen molar-refractivity contribution < 1.29 is 4.39 Å². The van der Waals surface area contributed by atoms with Crippen LogP contribution >= 0.6 is 0 Å². The Kier molecular flexibility index (Phi) is 8.59. The minimum Gasteiger partial charge on any atom is -0.206 e. The van der Waals surface area contributed by atoms with Gasteiger partial charge in [0.2, 0.25) is 0 Å². The highest BCUT2D eigenvalue weighted by Crippen LogP contribution is 2.35. The first kappa shape index (κ1) is 24.0. The molecule has 4 rings (SSSR count). The van der Waals surface area contributed by atoms with E-state index in [1.165, 1.54) is 68.9 Å². The fourth-order valence-corrected chi connectivity index (χ4v) is 5.72. The van der Waals surface area contributed by atoms with Crippen molar-refractivity contribution in [2.45, 2.75) is 90.9 Å². The van der Waals surface area contributed by atoms with Crippen LogP contribution in [0.25, 0.3) is 21.9 Å². The van der Waals surface area contributed by atoms with Gasteiger partial charge in [0.05, 0.1) is 0 Å². The maximum atomic E-state index is 15.3. The summed E-state index contributed by atoms with van der Waals surface area (Å²) in [5.41, 5.74) is 4.35. The van der Waals surface area contributed by atoms with Gasteiger partial charge in [-0.1, -0.05) is 126 Å². The summed E-state index contributed by atoms with van der Waals surface area (Å²) in [6.07, 6.45) is 15.9. The summed E-state index contributed by atoms with van der Waals surface area (Å²) >= 11 is 0. The maximum Gasteiger partial charge on any atom is 0.138 e. The van der Waals surface area contributed by atoms with Gasteiger partial charge in [0.25, 0.3) is 0 Å². The molecule has 0 heterocycles. The predicted octanol–water partition coefficient (Wildman–Crippen LogP) is 9.92. The second-order valence-corrected chi connectivity index (χ2v) is 10.4. The zero-order valence-electron chi connectivity index (χ0n) is 20.7. The molecule has 0 unspecified atom stereocenters. The Bertz CT molecular complexity index is 1010. The Morgan fingerprint density at radius 3 is 2.09 bits per heavy atom. The van der Waals surface area contributed by atoms with Crippen molar-refractivity contribution in [3.8, 4) is 11.1 Å². The minimum atomic E-state index is -0.0982. The minimum absolute atomic E-state index is 0.0982. The van der Waals surface area contributed by atoms with Crippen LogP contribution in [0.1, 0.15) is 89.2 Å². The van der Waals surface area contributed by atoms with E-state index in [-0.39, 0.29) is 5.82 Å². The Morgan fingerprint density at radius 1 is 0.697 bits per heavy atom. The largest absolute Gasteiger partial charge is 0.206 e. The van der Waals surface area contributed by atoms with Crippen LogP contribution in [0, 0.1) is 17.7 Å². The second kappa shape index (κ2) is 11.8. The van der Waals surface area contributed by atoms with Crippen molar-refractivity contribution in [2.24, 2.45) is 11.8 Å². The van der Waals surface area contributed by atoms with Crippen LogP contribution in [0.5, 0.6) is 0 Å². The molecule has 1 saturated carbocycles. The molecule has 0 atom stereocenters. The van der Waals surface area contributed by atoms with Crippen LogP contribution in [0.2, 0.25) is 0 Å². The molecule has 0 amide bonds. The maximum absolute atomic E-state index is 15.3. The second-order valence-electron chi connectivity index (χ2n) is 10.4. The fraction of sp³-hybridized carbons (Fsp3) is 0.500. The molecule has 1 aliphatic carbocycles. The van der Waals surface area contributed by atoms with Crippen LogP contribution in [0.15, 0.2) is 54.6 Å². The third-order valence-electron chi connectivity index (χ3n) is 7.85. The van der Waals surface area contributed by atoms with E-state index < -0.39 is 0 Å². The summed E-state index contributed by atoms with van der Waals surface area (Å²) in [5.74, 6) is 1.78. The number of hydrogen-bond acceptors (Lipinski definition) is 0. The molecule has 33 heavy (non-hydrogen) atoms. The van der Waals surface area contributed by atoms with Crippen molar-refractivity contribution in [1.29, 1.82) is 0 Å². The highest BCUT2D eigenvalue weighted by atomic mass is 19.1. The highest BCUT2D eigenvalue weighted by molar-refractivity contribution is 5.88. The van der Waals surface area contributed by atoms with Crippen LogP contribution in [0.4, 0.5) is 4.39 Å². The lowest BCUT2D eigenvalue weighted by molar-refractivity contribution is 0.249. The lowest BCUT2D eigenvalue weighted by Gasteiger charge is -2.28. The van der Waals surface area contributed by atoms with Gasteiger partial charge in [0.15, 0.2) is 0 Å². The molecule has 1 heteroatoms. The van der Waals surface area contributed by atoms with Gasteiger partial charge in [-0.15, -0.1) is 0 Å². The molecule has 0 spiro atoms. The van der Waals surface area contributed by atoms with Gasteiger partial charge in [-0.05, 0) is 53.2 Å². The summed E-state index contributed by atoms with van der Waals surface area (Å²) in [6, 6.07) is 18.8. The number of aryl methyl sites for hydroxylation is 2. The zero-order chi connectivity index (χ0) is 23.0. The van der Waals surface area contributed by atoms with E-state index in [1.807, 2.05) is 12.1 Å². The van der Waals surface area contributed by atoms with E-state index in [2.05, 4.69) is 56.3 Å². The molecule has 0 aliphatic heterocycles. The fourth-order valence-electron chi connectivity index (χ4n) is 5.72. The molecule has 0 nitrogen and oxygen atoms in total. The molecule has 0 saturated heterocycles. The number of rotatable bonds is 10. The lowest BCUT2D eigenvalue weighted by Crippen LogP contribution is -2.15. The first-order valence-corrected chi connectivity index (χ1v) is 13.5. The van der Waals surface area contributed by atoms with Crippen LogP contribution in [-0.2, 0) is 12.8 Å². The van der Waals surface area contributed by atoms with Gasteiger partial charge >= 0.3 is 0 Å². The summed E-state index contributed by atoms with van der Waals surface area (Å²) in [6.45, 7) is 4.47. The highest BCUT2D eigenvalue weighted by Gasteiger charge is 2.20. The summed E-state index contributed by atoms with van der Waals surface area (Å²) in [7, 11) is 0. The monoisotopic (exact) mass is 444 g/mol. The molecule has 0 bridgehead atoms. The average molecular weight is 445 g/mol. The van der Waals surface area contributed by atoms with Crippen molar-refractivity contribution in [1.82, 2.24) is 0 Å². The van der Waals surface area contributed by atoms with Gasteiger partial charge in [-0.3, -0.25) is 0 Å². The number of halogens is 1. The van der Waals surface area contributed by atoms with E-state index in [1.54, 1.807) is 0 Å². The van der Waals surface area contributed by atoms with E-state index in [9.17, 15) is 0 Å². The average Bonchev–Trinajstić information content (AvgIpc) is 2.85. The number of fused-ring (bicyclic) bond motifs is 1. The van der Waals surface area contributed by atoms with Crippen molar-refractivity contribution in [2.75, 3.05) is 0 Å². The van der Waals surface area contributed by atoms with Crippen LogP contribution in [-0.4, -0.2) is 0 Å². The third kappa shape index (κ3) is 6.25. The summed E-state index contributed by atoms with van der Waals surface area (Å²) in [4.78, 5) is 0. The molecular weight excluding hydrogens is 403 g/mol. The molecule has 0 radical (unpaired) electrons. The van der Waals surface area contributed by atoms with Gasteiger partial charge < -0.3 is 0 Å². The van der Waals surface area contributed by atoms with Gasteiger partial charge in [0, 0.05) is 10.9 Å². The standard InChI is InChI=1S/C32H41F/c1-3-5-6-8-24-9-11-25(12-10-24)13-14-26-15-18-28(19-16-26)30-22-20-29-23-27(7-4-2)17-21-31(29)32(30)33/h15-25H,3-14H2,1-2H3. The first-order valence-electron chi connectivity index (χ1n) is 13.5. The summed E-state index contributed by atoms with van der Waals surface area (Å²) < 4.78 is 15.3. The molecule has 176 valence electrons. The van der Waals surface area contributed by atoms with E-state index >= 15 is 4.39 Å². The smallest absolute Gasteiger partial charge is 0.138 e. The molecule has 0 aromatic heterocycles. The topological polar surface area (TPSA) is 0 Å². The molecular formula is C32H41F. The molecule has 1 aliphatic rings. The molecule has 3 aromatic rings. The molecule has 0 N–H and O–H groups in total. The van der Waals surface area contributed by atoms with E-state index in [4.69, 9.17) is 0 Å². The van der Waals surface area contributed by atoms with Gasteiger partial charge in [-0.25, -0.2) is 4.39 Å².